The van der Waals surface area contributed by atoms with E-state index in [0.29, 0.717) is 6.42 Å². The third-order valence-electron chi connectivity index (χ3n) is 4.92. The fourth-order valence-corrected chi connectivity index (χ4v) is 8.43. The molecule has 0 radical (unpaired) electrons. The van der Waals surface area contributed by atoms with Crippen LogP contribution in [-0.4, -0.2) is 36.8 Å². The summed E-state index contributed by atoms with van der Waals surface area (Å²) in [6, 6.07) is 20.7. The first-order valence-corrected chi connectivity index (χ1v) is 11.2. The Labute approximate surface area is 158 Å². The van der Waals surface area contributed by atoms with Gasteiger partial charge in [0, 0.05) is 6.61 Å². The van der Waals surface area contributed by atoms with Crippen LogP contribution in [0.2, 0.25) is 5.04 Å². The quantitative estimate of drug-likeness (QED) is 0.735. The Morgan fingerprint density at radius 3 is 1.58 bits per heavy atom. The molecule has 0 heterocycles. The molecule has 0 bridgehead atoms. The topological polar surface area (TPSA) is 49.7 Å². The number of hydrogen-bond acceptors (Lipinski definition) is 3. The van der Waals surface area contributed by atoms with Crippen molar-refractivity contribution >= 4 is 18.7 Å². The first kappa shape index (κ1) is 20.8. The van der Waals surface area contributed by atoms with E-state index in [-0.39, 0.29) is 11.6 Å². The molecule has 1 atom stereocenters. The third-order valence-corrected chi connectivity index (χ3v) is 9.96. The molecule has 0 spiro atoms. The van der Waals surface area contributed by atoms with Gasteiger partial charge in [0.2, 0.25) is 0 Å². The molecule has 0 aliphatic rings. The van der Waals surface area contributed by atoms with E-state index in [0.717, 1.165) is 0 Å². The Bertz CT molecular complexity index is 633. The average molecular weight is 373 g/mol. The van der Waals surface area contributed by atoms with Crippen molar-refractivity contribution in [2.24, 2.45) is 0 Å². The van der Waals surface area contributed by atoms with E-state index < -0.39 is 20.0 Å². The molecule has 2 aromatic carbocycles. The molecule has 0 saturated heterocycles. The second kappa shape index (κ2) is 8.05. The number of aliphatic hydroxyl groups excluding tert-OH is 1. The molecule has 142 valence electrons. The zero-order chi connectivity index (χ0) is 19.4. The standard InChI is InChI=1S/C22H32O3Si/c1-21(2,3)26(18-12-8-6-9-13-18,19-14-10-7-11-15-19)25-20(16-17-23)22(4,5)24/h6-15,20,23-24H,16-17H2,1-5H3. The van der Waals surface area contributed by atoms with E-state index in [9.17, 15) is 10.2 Å². The van der Waals surface area contributed by atoms with Crippen LogP contribution < -0.4 is 10.4 Å². The van der Waals surface area contributed by atoms with E-state index >= 15 is 0 Å². The van der Waals surface area contributed by atoms with Crippen molar-refractivity contribution in [3.05, 3.63) is 60.7 Å². The summed E-state index contributed by atoms with van der Waals surface area (Å²) in [4.78, 5) is 0. The van der Waals surface area contributed by atoms with Gasteiger partial charge in [-0.05, 0) is 35.7 Å². The lowest BCUT2D eigenvalue weighted by Gasteiger charge is -2.47. The van der Waals surface area contributed by atoms with E-state index in [4.69, 9.17) is 4.43 Å². The Morgan fingerprint density at radius 1 is 0.846 bits per heavy atom. The molecule has 0 amide bonds. The lowest BCUT2D eigenvalue weighted by molar-refractivity contribution is -0.0479. The number of aliphatic hydroxyl groups is 2. The van der Waals surface area contributed by atoms with Crippen LogP contribution in [0, 0.1) is 0 Å². The molecular weight excluding hydrogens is 340 g/mol. The molecule has 0 fully saturated rings. The molecule has 1 unspecified atom stereocenters. The van der Waals surface area contributed by atoms with Gasteiger partial charge in [0.1, 0.15) is 0 Å². The number of hydrogen-bond donors (Lipinski definition) is 2. The molecule has 4 heteroatoms. The molecule has 2 rings (SSSR count). The van der Waals surface area contributed by atoms with Gasteiger partial charge in [0.05, 0.1) is 11.7 Å². The predicted molar refractivity (Wildman–Crippen MR) is 110 cm³/mol. The predicted octanol–water partition coefficient (Wildman–Crippen LogP) is 3.08. The molecule has 0 aliphatic heterocycles. The second-order valence-corrected chi connectivity index (χ2v) is 12.7. The normalized spacial score (nSPS) is 14.3. The second-order valence-electron chi connectivity index (χ2n) is 8.44. The van der Waals surface area contributed by atoms with Crippen molar-refractivity contribution in [2.45, 2.75) is 57.8 Å². The van der Waals surface area contributed by atoms with Gasteiger partial charge in [-0.3, -0.25) is 0 Å². The average Bonchev–Trinajstić information content (AvgIpc) is 2.58. The maximum absolute atomic E-state index is 10.7. The maximum Gasteiger partial charge on any atom is 0.261 e. The van der Waals surface area contributed by atoms with E-state index in [1.165, 1.54) is 10.4 Å². The summed E-state index contributed by atoms with van der Waals surface area (Å²) in [6.45, 7) is 10.1. The summed E-state index contributed by atoms with van der Waals surface area (Å²) < 4.78 is 6.91. The largest absolute Gasteiger partial charge is 0.401 e. The van der Waals surface area contributed by atoms with Crippen molar-refractivity contribution in [1.82, 2.24) is 0 Å². The van der Waals surface area contributed by atoms with Crippen molar-refractivity contribution in [3.63, 3.8) is 0 Å². The Hall–Kier alpha value is -1.46. The molecule has 2 N–H and O–H groups in total. The fraction of sp³-hybridized carbons (Fsp3) is 0.455. The lowest BCUT2D eigenvalue weighted by Crippen LogP contribution is -2.69. The van der Waals surface area contributed by atoms with Crippen molar-refractivity contribution in [1.29, 1.82) is 0 Å². The third kappa shape index (κ3) is 4.26. The van der Waals surface area contributed by atoms with Crippen LogP contribution in [-0.2, 0) is 4.43 Å². The first-order chi connectivity index (χ1) is 12.1. The SMILES string of the molecule is CC(C)(O)C(CCO)O[Si](c1ccccc1)(c1ccccc1)C(C)(C)C. The molecule has 0 saturated carbocycles. The van der Waals surface area contributed by atoms with Gasteiger partial charge in [-0.2, -0.15) is 0 Å². The van der Waals surface area contributed by atoms with Crippen molar-refractivity contribution in [3.8, 4) is 0 Å². The molecule has 0 aliphatic carbocycles. The lowest BCUT2D eigenvalue weighted by atomic mass is 10.00. The maximum atomic E-state index is 10.7. The van der Waals surface area contributed by atoms with E-state index in [1.54, 1.807) is 13.8 Å². The van der Waals surface area contributed by atoms with Crippen molar-refractivity contribution < 1.29 is 14.6 Å². The van der Waals surface area contributed by atoms with Gasteiger partial charge in [-0.1, -0.05) is 81.4 Å². The molecular formula is C22H32O3Si. The Kier molecular flexibility index (Phi) is 6.45. The summed E-state index contributed by atoms with van der Waals surface area (Å²) in [5, 5.41) is 22.5. The molecule has 2 aromatic rings. The van der Waals surface area contributed by atoms with Crippen molar-refractivity contribution in [2.75, 3.05) is 6.61 Å². The Morgan fingerprint density at radius 2 is 1.27 bits per heavy atom. The van der Waals surface area contributed by atoms with Gasteiger partial charge in [0.25, 0.3) is 8.32 Å². The highest BCUT2D eigenvalue weighted by Gasteiger charge is 2.52. The fourth-order valence-electron chi connectivity index (χ4n) is 3.58. The Balaban J connectivity index is 2.71. The van der Waals surface area contributed by atoms with E-state index in [1.807, 2.05) is 36.4 Å². The van der Waals surface area contributed by atoms with E-state index in [2.05, 4.69) is 45.0 Å². The van der Waals surface area contributed by atoms with Crippen LogP contribution >= 0.6 is 0 Å². The van der Waals surface area contributed by atoms with Crippen LogP contribution in [0.25, 0.3) is 0 Å². The zero-order valence-electron chi connectivity index (χ0n) is 16.6. The minimum Gasteiger partial charge on any atom is -0.401 e. The van der Waals surface area contributed by atoms with Crippen LogP contribution in [0.15, 0.2) is 60.7 Å². The number of benzene rings is 2. The summed E-state index contributed by atoms with van der Waals surface area (Å²) in [6.07, 6.45) is -0.0626. The minimum absolute atomic E-state index is 0.0210. The summed E-state index contributed by atoms with van der Waals surface area (Å²) in [5.41, 5.74) is -1.05. The first-order valence-electron chi connectivity index (χ1n) is 9.25. The summed E-state index contributed by atoms with van der Waals surface area (Å²) in [7, 11) is -2.73. The van der Waals surface area contributed by atoms with Gasteiger partial charge in [-0.25, -0.2) is 0 Å². The zero-order valence-corrected chi connectivity index (χ0v) is 17.6. The van der Waals surface area contributed by atoms with Gasteiger partial charge >= 0.3 is 0 Å². The molecule has 26 heavy (non-hydrogen) atoms. The highest BCUT2D eigenvalue weighted by Crippen LogP contribution is 2.39. The van der Waals surface area contributed by atoms with Gasteiger partial charge < -0.3 is 14.6 Å². The van der Waals surface area contributed by atoms with Crippen LogP contribution in [0.4, 0.5) is 0 Å². The van der Waals surface area contributed by atoms with Gasteiger partial charge in [-0.15, -0.1) is 0 Å². The summed E-state index contributed by atoms with van der Waals surface area (Å²) in [5.74, 6) is 0. The molecule has 3 nitrogen and oxygen atoms in total. The van der Waals surface area contributed by atoms with Crippen LogP contribution in [0.3, 0.4) is 0 Å². The minimum atomic E-state index is -2.73. The highest BCUT2D eigenvalue weighted by molar-refractivity contribution is 6.99. The van der Waals surface area contributed by atoms with Crippen LogP contribution in [0.5, 0.6) is 0 Å². The molecule has 0 aromatic heterocycles. The smallest absolute Gasteiger partial charge is 0.261 e. The summed E-state index contributed by atoms with van der Waals surface area (Å²) >= 11 is 0. The van der Waals surface area contributed by atoms with Gasteiger partial charge in [0.15, 0.2) is 0 Å². The number of rotatable bonds is 7. The monoisotopic (exact) mass is 372 g/mol. The van der Waals surface area contributed by atoms with Crippen LogP contribution in [0.1, 0.15) is 41.0 Å². The highest BCUT2D eigenvalue weighted by atomic mass is 28.4.